The van der Waals surface area contributed by atoms with E-state index in [2.05, 4.69) is 28.9 Å². The van der Waals surface area contributed by atoms with E-state index in [1.54, 1.807) is 6.08 Å². The van der Waals surface area contributed by atoms with E-state index in [4.69, 9.17) is 11.6 Å². The van der Waals surface area contributed by atoms with Crippen LogP contribution in [0.4, 0.5) is 0 Å². The SMILES string of the molecule is Cc1c(/C=C(\C#N)C(=O)N[C@@H]2CCCC[C@@H]2C)c2ccccc2n1Cc1ccc(Cl)cc1. The molecule has 0 saturated heterocycles. The molecule has 1 aromatic heterocycles. The lowest BCUT2D eigenvalue weighted by atomic mass is 9.86. The second-order valence-electron chi connectivity index (χ2n) is 8.74. The molecule has 164 valence electrons. The molecule has 3 aromatic rings. The van der Waals surface area contributed by atoms with Crippen LogP contribution in [0.2, 0.25) is 5.02 Å². The number of aromatic nitrogens is 1. The second-order valence-corrected chi connectivity index (χ2v) is 9.18. The number of para-hydroxylation sites is 1. The summed E-state index contributed by atoms with van der Waals surface area (Å²) in [6.45, 7) is 4.90. The van der Waals surface area contributed by atoms with Gasteiger partial charge in [0.2, 0.25) is 0 Å². The number of carbonyl (C=O) groups excluding carboxylic acids is 1. The number of carbonyl (C=O) groups is 1. The van der Waals surface area contributed by atoms with Crippen molar-refractivity contribution in [2.45, 2.75) is 52.1 Å². The van der Waals surface area contributed by atoms with E-state index >= 15 is 0 Å². The van der Waals surface area contributed by atoms with Crippen LogP contribution < -0.4 is 5.32 Å². The minimum atomic E-state index is -0.278. The fraction of sp³-hybridized carbons (Fsp3) is 0.333. The first-order valence-corrected chi connectivity index (χ1v) is 11.6. The average molecular weight is 446 g/mol. The number of hydrogen-bond donors (Lipinski definition) is 1. The van der Waals surface area contributed by atoms with Crippen LogP contribution in [0, 0.1) is 24.2 Å². The summed E-state index contributed by atoms with van der Waals surface area (Å²) in [5, 5.41) is 14.6. The lowest BCUT2D eigenvalue weighted by Crippen LogP contribution is -2.41. The fourth-order valence-corrected chi connectivity index (χ4v) is 4.81. The number of nitriles is 1. The Hall–Kier alpha value is -3.03. The molecule has 1 fully saturated rings. The second kappa shape index (κ2) is 9.63. The fourth-order valence-electron chi connectivity index (χ4n) is 4.69. The number of amides is 1. The van der Waals surface area contributed by atoms with Gasteiger partial charge in [-0.05, 0) is 55.5 Å². The van der Waals surface area contributed by atoms with Gasteiger partial charge in [-0.15, -0.1) is 0 Å². The van der Waals surface area contributed by atoms with Crippen LogP contribution in [-0.2, 0) is 11.3 Å². The minimum Gasteiger partial charge on any atom is -0.348 e. The van der Waals surface area contributed by atoms with Gasteiger partial charge in [-0.2, -0.15) is 5.26 Å². The van der Waals surface area contributed by atoms with Crippen molar-refractivity contribution in [1.29, 1.82) is 5.26 Å². The van der Waals surface area contributed by atoms with Gasteiger partial charge in [-0.3, -0.25) is 4.79 Å². The Morgan fingerprint density at radius 2 is 1.91 bits per heavy atom. The highest BCUT2D eigenvalue weighted by Gasteiger charge is 2.24. The van der Waals surface area contributed by atoms with Crippen LogP contribution in [0.5, 0.6) is 0 Å². The summed E-state index contributed by atoms with van der Waals surface area (Å²) < 4.78 is 2.22. The van der Waals surface area contributed by atoms with E-state index in [0.29, 0.717) is 17.5 Å². The van der Waals surface area contributed by atoms with Crippen LogP contribution in [0.15, 0.2) is 54.1 Å². The van der Waals surface area contributed by atoms with Crippen molar-refractivity contribution < 1.29 is 4.79 Å². The monoisotopic (exact) mass is 445 g/mol. The van der Waals surface area contributed by atoms with Gasteiger partial charge in [0.15, 0.2) is 0 Å². The van der Waals surface area contributed by atoms with E-state index in [0.717, 1.165) is 47.0 Å². The normalized spacial score (nSPS) is 19.0. The summed E-state index contributed by atoms with van der Waals surface area (Å²) in [5.41, 5.74) is 4.30. The van der Waals surface area contributed by atoms with Crippen LogP contribution in [0.3, 0.4) is 0 Å². The highest BCUT2D eigenvalue weighted by Crippen LogP contribution is 2.29. The van der Waals surface area contributed by atoms with E-state index in [1.807, 2.05) is 49.4 Å². The molecule has 0 aliphatic heterocycles. The van der Waals surface area contributed by atoms with Gasteiger partial charge in [-0.1, -0.05) is 61.7 Å². The quantitative estimate of drug-likeness (QED) is 0.372. The van der Waals surface area contributed by atoms with E-state index < -0.39 is 0 Å². The summed E-state index contributed by atoms with van der Waals surface area (Å²) in [7, 11) is 0. The summed E-state index contributed by atoms with van der Waals surface area (Å²) >= 11 is 6.04. The molecule has 1 amide bonds. The zero-order valence-electron chi connectivity index (χ0n) is 18.6. The number of hydrogen-bond acceptors (Lipinski definition) is 2. The molecule has 1 saturated carbocycles. The number of fused-ring (bicyclic) bond motifs is 1. The molecule has 2 aromatic carbocycles. The molecule has 1 aliphatic carbocycles. The topological polar surface area (TPSA) is 57.8 Å². The Balaban J connectivity index is 1.69. The van der Waals surface area contributed by atoms with Crippen molar-refractivity contribution in [3.8, 4) is 6.07 Å². The van der Waals surface area contributed by atoms with Gasteiger partial charge in [0.05, 0.1) is 0 Å². The van der Waals surface area contributed by atoms with Crippen molar-refractivity contribution >= 4 is 34.5 Å². The Morgan fingerprint density at radius 3 is 2.62 bits per heavy atom. The lowest BCUT2D eigenvalue weighted by molar-refractivity contribution is -0.118. The van der Waals surface area contributed by atoms with Crippen molar-refractivity contribution in [3.63, 3.8) is 0 Å². The number of nitrogens with zero attached hydrogens (tertiary/aromatic N) is 2. The predicted molar refractivity (Wildman–Crippen MR) is 130 cm³/mol. The third-order valence-corrected chi connectivity index (χ3v) is 6.87. The number of benzene rings is 2. The van der Waals surface area contributed by atoms with Gasteiger partial charge in [0.25, 0.3) is 5.91 Å². The Labute approximate surface area is 194 Å². The number of rotatable bonds is 5. The Bertz CT molecular complexity index is 1200. The summed E-state index contributed by atoms with van der Waals surface area (Å²) in [4.78, 5) is 12.9. The maximum absolute atomic E-state index is 12.9. The highest BCUT2D eigenvalue weighted by molar-refractivity contribution is 6.30. The molecule has 1 N–H and O–H groups in total. The summed E-state index contributed by atoms with van der Waals surface area (Å²) in [6.07, 6.45) is 6.18. The number of halogens is 1. The minimum absolute atomic E-state index is 0.139. The molecule has 4 rings (SSSR count). The summed E-state index contributed by atoms with van der Waals surface area (Å²) in [5.74, 6) is 0.163. The van der Waals surface area contributed by atoms with E-state index in [-0.39, 0.29) is 17.5 Å². The smallest absolute Gasteiger partial charge is 0.262 e. The predicted octanol–water partition coefficient (Wildman–Crippen LogP) is 6.25. The maximum Gasteiger partial charge on any atom is 0.262 e. The molecule has 32 heavy (non-hydrogen) atoms. The molecule has 2 atom stereocenters. The van der Waals surface area contributed by atoms with Crippen LogP contribution in [0.25, 0.3) is 17.0 Å². The first-order valence-electron chi connectivity index (χ1n) is 11.2. The molecule has 1 aliphatic rings. The van der Waals surface area contributed by atoms with Gasteiger partial charge in [0, 0.05) is 39.8 Å². The van der Waals surface area contributed by atoms with Crippen molar-refractivity contribution in [2.24, 2.45) is 5.92 Å². The molecule has 1 heterocycles. The largest absolute Gasteiger partial charge is 0.348 e. The first-order chi connectivity index (χ1) is 15.5. The van der Waals surface area contributed by atoms with Crippen molar-refractivity contribution in [3.05, 3.63) is 75.9 Å². The maximum atomic E-state index is 12.9. The molecule has 0 spiro atoms. The van der Waals surface area contributed by atoms with Crippen LogP contribution >= 0.6 is 11.6 Å². The van der Waals surface area contributed by atoms with E-state index in [9.17, 15) is 10.1 Å². The molecule has 4 nitrogen and oxygen atoms in total. The molecular weight excluding hydrogens is 418 g/mol. The average Bonchev–Trinajstić information content (AvgIpc) is 3.06. The Morgan fingerprint density at radius 1 is 1.19 bits per heavy atom. The lowest BCUT2D eigenvalue weighted by Gasteiger charge is -2.29. The van der Waals surface area contributed by atoms with Crippen LogP contribution in [0.1, 0.15) is 49.4 Å². The standard InChI is InChI=1S/C27H28ClN3O/c1-18-7-3-5-9-25(18)30-27(32)21(16-29)15-24-19(2)31(26-10-6-4-8-23(24)26)17-20-11-13-22(28)14-12-20/h4,6,8,10-15,18,25H,3,5,7,9,17H2,1-2H3,(H,30,32)/b21-15+/t18-,25+/m0/s1. The van der Waals surface area contributed by atoms with Gasteiger partial charge >= 0.3 is 0 Å². The molecular formula is C27H28ClN3O. The van der Waals surface area contributed by atoms with Crippen LogP contribution in [-0.4, -0.2) is 16.5 Å². The molecule has 5 heteroatoms. The Kier molecular flexibility index (Phi) is 6.67. The third kappa shape index (κ3) is 4.59. The highest BCUT2D eigenvalue weighted by atomic mass is 35.5. The summed E-state index contributed by atoms with van der Waals surface area (Å²) in [6, 6.07) is 18.2. The zero-order chi connectivity index (χ0) is 22.7. The number of nitrogens with one attached hydrogen (secondary N) is 1. The molecule has 0 bridgehead atoms. The third-order valence-electron chi connectivity index (χ3n) is 6.62. The van der Waals surface area contributed by atoms with Gasteiger partial charge in [-0.25, -0.2) is 0 Å². The van der Waals surface area contributed by atoms with Gasteiger partial charge < -0.3 is 9.88 Å². The molecule has 0 radical (unpaired) electrons. The van der Waals surface area contributed by atoms with E-state index in [1.165, 1.54) is 6.42 Å². The first kappa shape index (κ1) is 22.2. The van der Waals surface area contributed by atoms with Gasteiger partial charge in [0.1, 0.15) is 11.6 Å². The zero-order valence-corrected chi connectivity index (χ0v) is 19.3. The molecule has 0 unspecified atom stereocenters. The van der Waals surface area contributed by atoms with Crippen molar-refractivity contribution in [1.82, 2.24) is 9.88 Å². The van der Waals surface area contributed by atoms with Crippen molar-refractivity contribution in [2.75, 3.05) is 0 Å².